The summed E-state index contributed by atoms with van der Waals surface area (Å²) < 4.78 is 24.6. The van der Waals surface area contributed by atoms with Gasteiger partial charge in [0.15, 0.2) is 10.7 Å². The van der Waals surface area contributed by atoms with Gasteiger partial charge >= 0.3 is 5.97 Å². The highest BCUT2D eigenvalue weighted by Crippen LogP contribution is 2.37. The number of methoxy groups -OCH3 is 2. The number of allylic oxidation sites excluding steroid dienone is 1. The fourth-order valence-electron chi connectivity index (χ4n) is 4.97. The molecular formula is C28H33N4O6S+. The van der Waals surface area contributed by atoms with Gasteiger partial charge in [-0.15, -0.1) is 0 Å². The quantitative estimate of drug-likeness (QED) is 0.431. The molecule has 0 unspecified atom stereocenters. The number of piperazine rings is 1. The number of rotatable bonds is 7. The van der Waals surface area contributed by atoms with Crippen molar-refractivity contribution in [3.63, 3.8) is 0 Å². The van der Waals surface area contributed by atoms with Crippen LogP contribution in [0.5, 0.6) is 11.5 Å². The molecule has 2 aliphatic heterocycles. The Morgan fingerprint density at radius 2 is 1.97 bits per heavy atom. The van der Waals surface area contributed by atoms with Crippen LogP contribution in [0.4, 0.5) is 5.88 Å². The molecule has 0 saturated carbocycles. The molecule has 0 radical (unpaired) electrons. The minimum atomic E-state index is -0.812. The third-order valence-corrected chi connectivity index (χ3v) is 8.05. The van der Waals surface area contributed by atoms with Crippen LogP contribution in [0, 0.1) is 0 Å². The van der Waals surface area contributed by atoms with E-state index in [4.69, 9.17) is 18.6 Å². The fourth-order valence-corrected chi connectivity index (χ4v) is 5.99. The molecular weight excluding hydrogens is 520 g/mol. The summed E-state index contributed by atoms with van der Waals surface area (Å²) in [5, 5.41) is 0. The molecule has 0 bridgehead atoms. The van der Waals surface area contributed by atoms with Gasteiger partial charge in [0.25, 0.3) is 5.56 Å². The summed E-state index contributed by atoms with van der Waals surface area (Å²) in [6.07, 6.45) is 1.73. The number of aromatic nitrogens is 1. The molecule has 1 atom stereocenters. The third kappa shape index (κ3) is 5.11. The molecule has 11 heteroatoms. The molecule has 39 heavy (non-hydrogen) atoms. The smallest absolute Gasteiger partial charge is 0.338 e. The van der Waals surface area contributed by atoms with E-state index < -0.39 is 12.0 Å². The Balaban J connectivity index is 1.63. The van der Waals surface area contributed by atoms with Crippen molar-refractivity contribution in [2.45, 2.75) is 19.9 Å². The number of fused-ring (bicyclic) bond motifs is 1. The van der Waals surface area contributed by atoms with Crippen LogP contribution < -0.4 is 34.2 Å². The Morgan fingerprint density at radius 3 is 2.67 bits per heavy atom. The van der Waals surface area contributed by atoms with Crippen LogP contribution in [-0.4, -0.2) is 64.6 Å². The number of carbonyl (C=O) groups excluding carboxylic acids is 1. The number of furan rings is 1. The summed E-state index contributed by atoms with van der Waals surface area (Å²) in [5.41, 5.74) is 1.07. The maximum absolute atomic E-state index is 13.9. The van der Waals surface area contributed by atoms with Crippen molar-refractivity contribution in [3.8, 4) is 11.5 Å². The van der Waals surface area contributed by atoms with Gasteiger partial charge in [-0.1, -0.05) is 11.3 Å². The molecule has 5 rings (SSSR count). The highest BCUT2D eigenvalue weighted by atomic mass is 32.1. The van der Waals surface area contributed by atoms with Crippen LogP contribution in [0.3, 0.4) is 0 Å². The van der Waals surface area contributed by atoms with Crippen molar-refractivity contribution in [2.75, 3.05) is 59.0 Å². The van der Waals surface area contributed by atoms with E-state index in [1.807, 2.05) is 12.1 Å². The number of nitrogens with zero attached hydrogens (tertiary/aromatic N) is 3. The number of likely N-dealkylation sites (N-methyl/N-ethyl adjacent to an activating group) is 1. The predicted octanol–water partition coefficient (Wildman–Crippen LogP) is 0.743. The summed E-state index contributed by atoms with van der Waals surface area (Å²) in [6, 6.07) is 8.30. The number of esters is 1. The SMILES string of the molecule is CCOC(=O)C1=C(C)N=c2s/c(=C/c3ccc(N4CC[NH+](C)CC4)o3)c(=O)n2[C@@H]1c1cc(OC)ccc1OC. The minimum absolute atomic E-state index is 0.192. The summed E-state index contributed by atoms with van der Waals surface area (Å²) in [5.74, 6) is 1.92. The van der Waals surface area contributed by atoms with Gasteiger partial charge in [-0.3, -0.25) is 9.36 Å². The summed E-state index contributed by atoms with van der Waals surface area (Å²) in [4.78, 5) is 35.9. The third-order valence-electron chi connectivity index (χ3n) is 7.06. The Labute approximate surface area is 230 Å². The van der Waals surface area contributed by atoms with Crippen LogP contribution in [0.25, 0.3) is 6.08 Å². The Kier molecular flexibility index (Phi) is 7.62. The lowest BCUT2D eigenvalue weighted by Gasteiger charge is -2.29. The second-order valence-corrected chi connectivity index (χ2v) is 10.5. The number of hydrogen-bond acceptors (Lipinski definition) is 9. The van der Waals surface area contributed by atoms with Crippen LogP contribution >= 0.6 is 11.3 Å². The molecule has 0 spiro atoms. The van der Waals surface area contributed by atoms with E-state index in [1.165, 1.54) is 20.8 Å². The molecule has 0 aliphatic carbocycles. The zero-order valence-electron chi connectivity index (χ0n) is 22.8. The van der Waals surface area contributed by atoms with Crippen molar-refractivity contribution in [1.82, 2.24) is 4.57 Å². The number of anilines is 1. The molecule has 2 aromatic heterocycles. The normalized spacial score (nSPS) is 18.1. The Bertz CT molecular complexity index is 1590. The van der Waals surface area contributed by atoms with E-state index in [-0.39, 0.29) is 17.7 Å². The minimum Gasteiger partial charge on any atom is -0.497 e. The van der Waals surface area contributed by atoms with Crippen molar-refractivity contribution in [2.24, 2.45) is 4.99 Å². The summed E-state index contributed by atoms with van der Waals surface area (Å²) in [7, 11) is 5.30. The largest absolute Gasteiger partial charge is 0.497 e. The Morgan fingerprint density at radius 1 is 1.21 bits per heavy atom. The maximum Gasteiger partial charge on any atom is 0.338 e. The number of nitrogens with one attached hydrogen (secondary N) is 1. The molecule has 10 nitrogen and oxygen atoms in total. The molecule has 1 saturated heterocycles. The number of hydrogen-bond donors (Lipinski definition) is 1. The van der Waals surface area contributed by atoms with Gasteiger partial charge in [0.2, 0.25) is 0 Å². The first-order valence-corrected chi connectivity index (χ1v) is 13.7. The summed E-state index contributed by atoms with van der Waals surface area (Å²) >= 11 is 1.25. The van der Waals surface area contributed by atoms with E-state index in [0.717, 1.165) is 32.1 Å². The molecule has 1 fully saturated rings. The average Bonchev–Trinajstić information content (AvgIpc) is 3.52. The monoisotopic (exact) mass is 553 g/mol. The van der Waals surface area contributed by atoms with E-state index in [0.29, 0.717) is 37.9 Å². The number of ether oxygens (including phenoxy) is 3. The molecule has 4 heterocycles. The molecule has 1 aromatic carbocycles. The van der Waals surface area contributed by atoms with Crippen molar-refractivity contribution in [3.05, 3.63) is 72.6 Å². The first-order valence-electron chi connectivity index (χ1n) is 12.9. The van der Waals surface area contributed by atoms with Gasteiger partial charge in [0.05, 0.1) is 69.9 Å². The molecule has 1 N–H and O–H groups in total. The zero-order chi connectivity index (χ0) is 27.7. The van der Waals surface area contributed by atoms with E-state index in [9.17, 15) is 9.59 Å². The second-order valence-electron chi connectivity index (χ2n) is 9.53. The van der Waals surface area contributed by atoms with E-state index in [1.54, 1.807) is 52.3 Å². The van der Waals surface area contributed by atoms with E-state index in [2.05, 4.69) is 16.9 Å². The molecule has 2 aliphatic rings. The molecule has 206 valence electrons. The first-order chi connectivity index (χ1) is 18.8. The lowest BCUT2D eigenvalue weighted by Crippen LogP contribution is -3.12. The average molecular weight is 554 g/mol. The highest BCUT2D eigenvalue weighted by molar-refractivity contribution is 7.07. The standard InChI is InChI=1S/C28H32N4O6S/c1-6-37-27(34)24-17(2)29-28-32(25(24)20-15-18(35-4)7-9-21(20)36-5)26(33)22(39-28)16-19-8-10-23(38-19)31-13-11-30(3)12-14-31/h7-10,15-16,25H,6,11-14H2,1-5H3/p+1/b22-16+/t25-/m1/s1. The van der Waals surface area contributed by atoms with Gasteiger partial charge in [0, 0.05) is 17.7 Å². The van der Waals surface area contributed by atoms with Crippen LogP contribution in [-0.2, 0) is 9.53 Å². The maximum atomic E-state index is 13.9. The topological polar surface area (TPSA) is 99.9 Å². The summed E-state index contributed by atoms with van der Waals surface area (Å²) in [6.45, 7) is 7.61. The van der Waals surface area contributed by atoms with Crippen molar-refractivity contribution >= 4 is 29.3 Å². The number of benzene rings is 1. The van der Waals surface area contributed by atoms with Crippen molar-refractivity contribution in [1.29, 1.82) is 0 Å². The van der Waals surface area contributed by atoms with Gasteiger partial charge in [0.1, 0.15) is 23.3 Å². The number of quaternary nitrogens is 1. The zero-order valence-corrected chi connectivity index (χ0v) is 23.6. The number of carbonyl (C=O) groups is 1. The van der Waals surface area contributed by atoms with Gasteiger partial charge < -0.3 is 28.4 Å². The van der Waals surface area contributed by atoms with Gasteiger partial charge in [-0.05, 0) is 38.1 Å². The Hall–Kier alpha value is -3.83. The van der Waals surface area contributed by atoms with Crippen LogP contribution in [0.1, 0.15) is 31.2 Å². The van der Waals surface area contributed by atoms with E-state index >= 15 is 0 Å². The van der Waals surface area contributed by atoms with Crippen molar-refractivity contribution < 1.29 is 28.3 Å². The second kappa shape index (κ2) is 11.1. The molecule has 0 amide bonds. The fraction of sp³-hybridized carbons (Fsp3) is 0.393. The van der Waals surface area contributed by atoms with Gasteiger partial charge in [-0.2, -0.15) is 0 Å². The molecule has 3 aromatic rings. The predicted molar refractivity (Wildman–Crippen MR) is 147 cm³/mol. The first kappa shape index (κ1) is 26.8. The van der Waals surface area contributed by atoms with Crippen LogP contribution in [0.15, 0.2) is 55.8 Å². The lowest BCUT2D eigenvalue weighted by atomic mass is 9.95. The lowest BCUT2D eigenvalue weighted by molar-refractivity contribution is -0.880. The number of thiazole rings is 1. The highest BCUT2D eigenvalue weighted by Gasteiger charge is 2.35. The van der Waals surface area contributed by atoms with Gasteiger partial charge in [-0.25, -0.2) is 9.79 Å². The van der Waals surface area contributed by atoms with Crippen LogP contribution in [0.2, 0.25) is 0 Å².